The molecule has 0 bridgehead atoms. The van der Waals surface area contributed by atoms with Crippen molar-refractivity contribution in [3.63, 3.8) is 0 Å². The van der Waals surface area contributed by atoms with Gasteiger partial charge in [-0.1, -0.05) is 0 Å². The van der Waals surface area contributed by atoms with Crippen molar-refractivity contribution in [2.45, 2.75) is 52.1 Å². The van der Waals surface area contributed by atoms with E-state index >= 15 is 0 Å². The molecule has 0 saturated carbocycles. The van der Waals surface area contributed by atoms with Gasteiger partial charge in [-0.15, -0.1) is 0 Å². The second-order valence-electron chi connectivity index (χ2n) is 8.33. The zero-order chi connectivity index (χ0) is 21.3. The van der Waals surface area contributed by atoms with Crippen LogP contribution in [0.2, 0.25) is 0 Å². The lowest BCUT2D eigenvalue weighted by Crippen LogP contribution is -2.42. The molecule has 7 heteroatoms. The predicted octanol–water partition coefficient (Wildman–Crippen LogP) is 3.62. The third-order valence-corrected chi connectivity index (χ3v) is 4.76. The normalized spacial score (nSPS) is 15.0. The number of nitrogens with one attached hydrogen (secondary N) is 1. The summed E-state index contributed by atoms with van der Waals surface area (Å²) in [6, 6.07) is 7.41. The average molecular weight is 407 g/mol. The van der Waals surface area contributed by atoms with Gasteiger partial charge in [-0.2, -0.15) is 0 Å². The third kappa shape index (κ3) is 8.62. The minimum atomic E-state index is -0.489. The summed E-state index contributed by atoms with van der Waals surface area (Å²) in [5, 5.41) is 2.83. The first-order valence-corrected chi connectivity index (χ1v) is 10.3. The summed E-state index contributed by atoms with van der Waals surface area (Å²) in [6.07, 6.45) is 2.57. The Kier molecular flexibility index (Phi) is 8.61. The Bertz CT molecular complexity index is 646. The van der Waals surface area contributed by atoms with Gasteiger partial charge in [0.1, 0.15) is 17.1 Å². The first-order valence-electron chi connectivity index (χ1n) is 10.3. The van der Waals surface area contributed by atoms with E-state index in [1.54, 1.807) is 7.11 Å². The summed E-state index contributed by atoms with van der Waals surface area (Å²) in [4.78, 5) is 26.0. The van der Waals surface area contributed by atoms with Crippen LogP contribution in [0.3, 0.4) is 0 Å². The van der Waals surface area contributed by atoms with Crippen LogP contribution < -0.4 is 14.8 Å². The Morgan fingerprint density at radius 2 is 1.72 bits per heavy atom. The maximum Gasteiger partial charge on any atom is 0.407 e. The second-order valence-corrected chi connectivity index (χ2v) is 8.33. The number of ether oxygens (including phenoxy) is 3. The largest absolute Gasteiger partial charge is 0.497 e. The molecule has 0 aliphatic carbocycles. The molecule has 0 aromatic heterocycles. The average Bonchev–Trinajstić information content (AvgIpc) is 2.69. The van der Waals surface area contributed by atoms with E-state index < -0.39 is 5.60 Å². The Balaban J connectivity index is 1.58. The van der Waals surface area contributed by atoms with E-state index in [1.807, 2.05) is 49.9 Å². The maximum atomic E-state index is 12.4. The molecular formula is C22H34N2O5. The van der Waals surface area contributed by atoms with Gasteiger partial charge in [-0.25, -0.2) is 4.79 Å². The number of hydrogen-bond donors (Lipinski definition) is 1. The van der Waals surface area contributed by atoms with Crippen molar-refractivity contribution in [3.05, 3.63) is 24.3 Å². The molecule has 1 N–H and O–H groups in total. The molecule has 1 aliphatic heterocycles. The van der Waals surface area contributed by atoms with Crippen LogP contribution in [0.1, 0.15) is 46.5 Å². The van der Waals surface area contributed by atoms with Crippen molar-refractivity contribution in [2.75, 3.05) is 33.4 Å². The number of carbonyl (C=O) groups excluding carboxylic acids is 2. The Morgan fingerprint density at radius 3 is 2.31 bits per heavy atom. The van der Waals surface area contributed by atoms with Gasteiger partial charge < -0.3 is 24.4 Å². The van der Waals surface area contributed by atoms with Crippen molar-refractivity contribution in [2.24, 2.45) is 5.92 Å². The van der Waals surface area contributed by atoms with Crippen molar-refractivity contribution >= 4 is 12.0 Å². The van der Waals surface area contributed by atoms with Crippen molar-refractivity contribution in [1.29, 1.82) is 0 Å². The van der Waals surface area contributed by atoms with Gasteiger partial charge >= 0.3 is 6.09 Å². The van der Waals surface area contributed by atoms with Crippen LogP contribution in [0.5, 0.6) is 11.5 Å². The third-order valence-electron chi connectivity index (χ3n) is 4.76. The molecule has 0 atom stereocenters. The molecule has 7 nitrogen and oxygen atoms in total. The van der Waals surface area contributed by atoms with Crippen LogP contribution >= 0.6 is 0 Å². The Hall–Kier alpha value is -2.44. The first-order chi connectivity index (χ1) is 13.8. The van der Waals surface area contributed by atoms with E-state index in [1.165, 1.54) is 0 Å². The Labute approximate surface area is 173 Å². The number of alkyl carbamates (subject to hydrolysis) is 1. The van der Waals surface area contributed by atoms with E-state index in [2.05, 4.69) is 5.32 Å². The van der Waals surface area contributed by atoms with Crippen molar-refractivity contribution < 1.29 is 23.8 Å². The summed E-state index contributed by atoms with van der Waals surface area (Å²) in [7, 11) is 1.63. The van der Waals surface area contributed by atoms with E-state index in [0.717, 1.165) is 37.4 Å². The quantitative estimate of drug-likeness (QED) is 0.667. The molecule has 1 aromatic rings. The number of carbonyl (C=O) groups is 2. The summed E-state index contributed by atoms with van der Waals surface area (Å²) in [5.41, 5.74) is -0.489. The lowest BCUT2D eigenvalue weighted by Gasteiger charge is -2.32. The fourth-order valence-corrected chi connectivity index (χ4v) is 3.17. The highest BCUT2D eigenvalue weighted by Gasteiger charge is 2.23. The van der Waals surface area contributed by atoms with Crippen LogP contribution in [0.25, 0.3) is 0 Å². The number of nitrogens with zero attached hydrogens (tertiary/aromatic N) is 1. The lowest BCUT2D eigenvalue weighted by atomic mass is 9.96. The first kappa shape index (κ1) is 22.8. The van der Waals surface area contributed by atoms with Crippen LogP contribution in [0.15, 0.2) is 24.3 Å². The van der Waals surface area contributed by atoms with Crippen molar-refractivity contribution in [1.82, 2.24) is 10.2 Å². The van der Waals surface area contributed by atoms with Gasteiger partial charge in [0.15, 0.2) is 0 Å². The van der Waals surface area contributed by atoms with Crippen LogP contribution in [-0.2, 0) is 9.53 Å². The molecule has 1 aromatic carbocycles. The summed E-state index contributed by atoms with van der Waals surface area (Å²) in [6.45, 7) is 8.11. The summed E-state index contributed by atoms with van der Waals surface area (Å²) >= 11 is 0. The van der Waals surface area contributed by atoms with Gasteiger partial charge in [-0.3, -0.25) is 4.79 Å². The number of rotatable bonds is 8. The summed E-state index contributed by atoms with van der Waals surface area (Å²) in [5.74, 6) is 2.11. The van der Waals surface area contributed by atoms with Gasteiger partial charge in [0, 0.05) is 26.1 Å². The minimum absolute atomic E-state index is 0.168. The molecule has 1 heterocycles. The minimum Gasteiger partial charge on any atom is -0.497 e. The van der Waals surface area contributed by atoms with Crippen molar-refractivity contribution in [3.8, 4) is 11.5 Å². The fourth-order valence-electron chi connectivity index (χ4n) is 3.17. The second kappa shape index (κ2) is 10.9. The maximum absolute atomic E-state index is 12.4. The molecular weight excluding hydrogens is 372 g/mol. The highest BCUT2D eigenvalue weighted by atomic mass is 16.6. The molecule has 0 radical (unpaired) electrons. The topological polar surface area (TPSA) is 77.1 Å². The zero-order valence-electron chi connectivity index (χ0n) is 18.0. The fraction of sp³-hybridized carbons (Fsp3) is 0.636. The van der Waals surface area contributed by atoms with Gasteiger partial charge in [-0.05, 0) is 70.2 Å². The van der Waals surface area contributed by atoms with Crippen LogP contribution in [0.4, 0.5) is 4.79 Å². The number of methoxy groups -OCH3 is 1. The monoisotopic (exact) mass is 406 g/mol. The molecule has 162 valence electrons. The molecule has 1 fully saturated rings. The number of likely N-dealkylation sites (tertiary alicyclic amines) is 1. The molecule has 2 amide bonds. The van der Waals surface area contributed by atoms with E-state index in [9.17, 15) is 9.59 Å². The van der Waals surface area contributed by atoms with Crippen LogP contribution in [0, 0.1) is 5.92 Å². The Morgan fingerprint density at radius 1 is 1.10 bits per heavy atom. The molecule has 0 spiro atoms. The smallest absolute Gasteiger partial charge is 0.407 e. The van der Waals surface area contributed by atoms with E-state index in [0.29, 0.717) is 31.9 Å². The highest BCUT2D eigenvalue weighted by Crippen LogP contribution is 2.19. The standard InChI is InChI=1S/C22H34N2O5/c1-22(2,3)29-21(26)23-16-17-11-13-24(14-12-17)20(25)6-5-15-28-19-9-7-18(27-4)8-10-19/h7-10,17H,5-6,11-16H2,1-4H3,(H,23,26). The van der Waals surface area contributed by atoms with E-state index in [-0.39, 0.29) is 12.0 Å². The number of benzene rings is 1. The predicted molar refractivity (Wildman–Crippen MR) is 111 cm³/mol. The van der Waals surface area contributed by atoms with Gasteiger partial charge in [0.2, 0.25) is 5.91 Å². The molecule has 29 heavy (non-hydrogen) atoms. The SMILES string of the molecule is COc1ccc(OCCCC(=O)N2CCC(CNC(=O)OC(C)(C)C)CC2)cc1. The molecule has 1 aliphatic rings. The zero-order valence-corrected chi connectivity index (χ0v) is 18.0. The lowest BCUT2D eigenvalue weighted by molar-refractivity contribution is -0.132. The number of piperidine rings is 1. The van der Waals surface area contributed by atoms with E-state index in [4.69, 9.17) is 14.2 Å². The molecule has 1 saturated heterocycles. The summed E-state index contributed by atoms with van der Waals surface area (Å²) < 4.78 is 16.0. The van der Waals surface area contributed by atoms with Crippen LogP contribution in [-0.4, -0.2) is 55.9 Å². The molecule has 0 unspecified atom stereocenters. The van der Waals surface area contributed by atoms with Gasteiger partial charge in [0.25, 0.3) is 0 Å². The molecule has 2 rings (SSSR count). The van der Waals surface area contributed by atoms with Gasteiger partial charge in [0.05, 0.1) is 13.7 Å². The number of hydrogen-bond acceptors (Lipinski definition) is 5. The highest BCUT2D eigenvalue weighted by molar-refractivity contribution is 5.76. The number of amides is 2.